The lowest BCUT2D eigenvalue weighted by Crippen LogP contribution is -2.67. The number of amides is 1. The summed E-state index contributed by atoms with van der Waals surface area (Å²) in [5.74, 6) is 0.00820. The van der Waals surface area contributed by atoms with Gasteiger partial charge in [-0.25, -0.2) is 0 Å². The summed E-state index contributed by atoms with van der Waals surface area (Å²) in [6.45, 7) is 1.98. The van der Waals surface area contributed by atoms with Crippen molar-refractivity contribution in [2.24, 2.45) is 5.73 Å². The molecule has 0 saturated carbocycles. The molecule has 0 bridgehead atoms. The average Bonchev–Trinajstić information content (AvgIpc) is 2.39. The summed E-state index contributed by atoms with van der Waals surface area (Å²) in [5.41, 5.74) is 6.71. The van der Waals surface area contributed by atoms with Crippen LogP contribution < -0.4 is 10.6 Å². The molecule has 1 heterocycles. The number of hydrogen-bond donors (Lipinski definition) is 1. The molecule has 2 aromatic rings. The maximum absolute atomic E-state index is 11.8. The molecule has 2 atom stereocenters. The van der Waals surface area contributed by atoms with E-state index in [1.54, 1.807) is 4.90 Å². The zero-order chi connectivity index (χ0) is 12.0. The molecule has 0 radical (unpaired) electrons. The van der Waals surface area contributed by atoms with E-state index in [0.29, 0.717) is 0 Å². The Morgan fingerprint density at radius 3 is 2.59 bits per heavy atom. The maximum Gasteiger partial charge on any atom is 0.246 e. The first-order valence-electron chi connectivity index (χ1n) is 5.76. The molecule has 0 aromatic heterocycles. The summed E-state index contributed by atoms with van der Waals surface area (Å²) in [7, 11) is 0. The molecule has 1 saturated heterocycles. The molecular weight excluding hydrogens is 212 g/mol. The van der Waals surface area contributed by atoms with Gasteiger partial charge in [0.25, 0.3) is 0 Å². The second-order valence-electron chi connectivity index (χ2n) is 4.47. The minimum atomic E-state index is -0.353. The zero-order valence-electron chi connectivity index (χ0n) is 9.63. The number of nitrogens with two attached hydrogens (primary N) is 1. The lowest BCUT2D eigenvalue weighted by Gasteiger charge is -2.43. The number of benzene rings is 2. The van der Waals surface area contributed by atoms with Crippen molar-refractivity contribution < 1.29 is 4.79 Å². The molecule has 1 amide bonds. The van der Waals surface area contributed by atoms with Crippen LogP contribution in [0.2, 0.25) is 0 Å². The van der Waals surface area contributed by atoms with Crippen LogP contribution in [0.5, 0.6) is 0 Å². The van der Waals surface area contributed by atoms with Gasteiger partial charge in [-0.15, -0.1) is 0 Å². The Bertz CT molecular complexity index is 588. The van der Waals surface area contributed by atoms with E-state index in [2.05, 4.69) is 0 Å². The monoisotopic (exact) mass is 226 g/mol. The topological polar surface area (TPSA) is 46.3 Å². The highest BCUT2D eigenvalue weighted by Crippen LogP contribution is 2.33. The number of β-lactam (4-membered cyclic amide) rings is 1. The maximum atomic E-state index is 11.8. The summed E-state index contributed by atoms with van der Waals surface area (Å²) >= 11 is 0. The second kappa shape index (κ2) is 3.57. The van der Waals surface area contributed by atoms with Gasteiger partial charge < -0.3 is 10.6 Å². The minimum Gasteiger partial charge on any atom is -0.318 e. The third kappa shape index (κ3) is 1.36. The lowest BCUT2D eigenvalue weighted by molar-refractivity contribution is -0.125. The fraction of sp³-hybridized carbons (Fsp3) is 0.214. The molecule has 2 N–H and O–H groups in total. The van der Waals surface area contributed by atoms with Crippen molar-refractivity contribution in [2.45, 2.75) is 19.0 Å². The number of nitrogens with zero attached hydrogens (tertiary/aromatic N) is 1. The van der Waals surface area contributed by atoms with E-state index in [1.165, 1.54) is 0 Å². The standard InChI is InChI=1S/C14H14N2O/c1-9-13(15)14(17)16(9)12-8-4-6-10-5-2-3-7-11(10)12/h2-9,13H,15H2,1H3/t9-,13-/m1/s1. The first-order chi connectivity index (χ1) is 8.20. The minimum absolute atomic E-state index is 0.00820. The first-order valence-corrected chi connectivity index (χ1v) is 5.76. The van der Waals surface area contributed by atoms with Crippen LogP contribution in [0.25, 0.3) is 10.8 Å². The predicted octanol–water partition coefficient (Wildman–Crippen LogP) is 1.90. The summed E-state index contributed by atoms with van der Waals surface area (Å²) in [4.78, 5) is 13.6. The van der Waals surface area contributed by atoms with Gasteiger partial charge in [0.05, 0.1) is 11.7 Å². The molecule has 1 fully saturated rings. The van der Waals surface area contributed by atoms with Crippen molar-refractivity contribution in [1.82, 2.24) is 0 Å². The Labute approximate surface area is 99.8 Å². The number of fused-ring (bicyclic) bond motifs is 1. The van der Waals surface area contributed by atoms with E-state index >= 15 is 0 Å². The Balaban J connectivity index is 2.15. The molecule has 3 rings (SSSR count). The van der Waals surface area contributed by atoms with E-state index in [4.69, 9.17) is 5.73 Å². The first kappa shape index (κ1) is 10.3. The molecule has 1 aliphatic rings. The van der Waals surface area contributed by atoms with Crippen LogP contribution in [0.3, 0.4) is 0 Å². The van der Waals surface area contributed by atoms with Crippen LogP contribution in [-0.4, -0.2) is 18.0 Å². The number of carbonyl (C=O) groups excluding carboxylic acids is 1. The fourth-order valence-corrected chi connectivity index (χ4v) is 2.40. The van der Waals surface area contributed by atoms with E-state index < -0.39 is 0 Å². The summed E-state index contributed by atoms with van der Waals surface area (Å²) in [5, 5.41) is 2.24. The molecule has 0 unspecified atom stereocenters. The molecule has 0 spiro atoms. The average molecular weight is 226 g/mol. The van der Waals surface area contributed by atoms with Crippen molar-refractivity contribution in [2.75, 3.05) is 4.90 Å². The van der Waals surface area contributed by atoms with Gasteiger partial charge in [0.1, 0.15) is 6.04 Å². The number of anilines is 1. The predicted molar refractivity (Wildman–Crippen MR) is 68.9 cm³/mol. The Morgan fingerprint density at radius 1 is 1.12 bits per heavy atom. The van der Waals surface area contributed by atoms with Gasteiger partial charge >= 0.3 is 0 Å². The fourth-order valence-electron chi connectivity index (χ4n) is 2.40. The van der Waals surface area contributed by atoms with Crippen molar-refractivity contribution >= 4 is 22.4 Å². The highest BCUT2D eigenvalue weighted by atomic mass is 16.2. The molecule has 3 heteroatoms. The zero-order valence-corrected chi connectivity index (χ0v) is 9.63. The summed E-state index contributed by atoms with van der Waals surface area (Å²) in [6.07, 6.45) is 0. The van der Waals surface area contributed by atoms with Crippen molar-refractivity contribution in [1.29, 1.82) is 0 Å². The third-order valence-corrected chi connectivity index (χ3v) is 3.48. The van der Waals surface area contributed by atoms with Gasteiger partial charge in [-0.1, -0.05) is 36.4 Å². The smallest absolute Gasteiger partial charge is 0.246 e. The molecule has 0 aliphatic carbocycles. The second-order valence-corrected chi connectivity index (χ2v) is 4.47. The van der Waals surface area contributed by atoms with Crippen LogP contribution in [0.1, 0.15) is 6.92 Å². The molecule has 1 aliphatic heterocycles. The molecule has 3 nitrogen and oxygen atoms in total. The highest BCUT2D eigenvalue weighted by molar-refractivity contribution is 6.10. The molecule has 86 valence electrons. The van der Waals surface area contributed by atoms with Crippen molar-refractivity contribution in [3.63, 3.8) is 0 Å². The number of carbonyl (C=O) groups is 1. The molecule has 2 aromatic carbocycles. The van der Waals surface area contributed by atoms with Crippen LogP contribution >= 0.6 is 0 Å². The Morgan fingerprint density at radius 2 is 1.82 bits per heavy atom. The van der Waals surface area contributed by atoms with E-state index in [1.807, 2.05) is 49.4 Å². The Kier molecular flexibility index (Phi) is 2.16. The number of hydrogen-bond acceptors (Lipinski definition) is 2. The van der Waals surface area contributed by atoms with Crippen molar-refractivity contribution in [3.05, 3.63) is 42.5 Å². The van der Waals surface area contributed by atoms with E-state index in [0.717, 1.165) is 16.5 Å². The van der Waals surface area contributed by atoms with Gasteiger partial charge in [-0.2, -0.15) is 0 Å². The van der Waals surface area contributed by atoms with Crippen LogP contribution in [-0.2, 0) is 4.79 Å². The highest BCUT2D eigenvalue weighted by Gasteiger charge is 2.42. The number of rotatable bonds is 1. The van der Waals surface area contributed by atoms with Gasteiger partial charge in [0, 0.05) is 5.39 Å². The van der Waals surface area contributed by atoms with Crippen LogP contribution in [0.15, 0.2) is 42.5 Å². The van der Waals surface area contributed by atoms with Crippen LogP contribution in [0.4, 0.5) is 5.69 Å². The largest absolute Gasteiger partial charge is 0.318 e. The SMILES string of the molecule is C[C@@H]1[C@@H](N)C(=O)N1c1cccc2ccccc12. The van der Waals surface area contributed by atoms with Crippen molar-refractivity contribution in [3.8, 4) is 0 Å². The van der Waals surface area contributed by atoms with Gasteiger partial charge in [-0.05, 0) is 18.4 Å². The summed E-state index contributed by atoms with van der Waals surface area (Å²) < 4.78 is 0. The Hall–Kier alpha value is -1.87. The third-order valence-electron chi connectivity index (χ3n) is 3.48. The normalized spacial score (nSPS) is 23.9. The molecular formula is C14H14N2O. The molecule has 17 heavy (non-hydrogen) atoms. The lowest BCUT2D eigenvalue weighted by atomic mass is 9.95. The van der Waals surface area contributed by atoms with Gasteiger partial charge in [0.15, 0.2) is 0 Å². The van der Waals surface area contributed by atoms with E-state index in [-0.39, 0.29) is 18.0 Å². The quantitative estimate of drug-likeness (QED) is 0.755. The van der Waals surface area contributed by atoms with Gasteiger partial charge in [-0.3, -0.25) is 4.79 Å². The van der Waals surface area contributed by atoms with Gasteiger partial charge in [0.2, 0.25) is 5.91 Å². The summed E-state index contributed by atoms with van der Waals surface area (Å²) in [6, 6.07) is 13.8. The van der Waals surface area contributed by atoms with E-state index in [9.17, 15) is 4.79 Å². The van der Waals surface area contributed by atoms with Crippen LogP contribution in [0, 0.1) is 0 Å².